The fourth-order valence-corrected chi connectivity index (χ4v) is 4.55. The molecule has 0 spiro atoms. The largest absolute Gasteiger partial charge is 0.490 e. The van der Waals surface area contributed by atoms with Gasteiger partial charge < -0.3 is 15.2 Å². The average Bonchev–Trinajstić information content (AvgIpc) is 2.62. The van der Waals surface area contributed by atoms with Gasteiger partial charge in [-0.3, -0.25) is 4.21 Å². The van der Waals surface area contributed by atoms with E-state index in [-0.39, 0.29) is 11.3 Å². The monoisotopic (exact) mass is 281 g/mol. The molecule has 3 atom stereocenters. The lowest BCUT2D eigenvalue weighted by Gasteiger charge is -2.13. The van der Waals surface area contributed by atoms with Crippen LogP contribution < -0.4 is 15.2 Å². The minimum atomic E-state index is -1.03. The Kier molecular flexibility index (Phi) is 3.50. The van der Waals surface area contributed by atoms with Crippen LogP contribution in [-0.2, 0) is 10.8 Å². The number of ether oxygens (including phenoxy) is 2. The van der Waals surface area contributed by atoms with Gasteiger partial charge in [-0.05, 0) is 18.1 Å². The maximum Gasteiger partial charge on any atom is 0.162 e. The van der Waals surface area contributed by atoms with E-state index in [1.54, 1.807) is 0 Å². The Balaban J connectivity index is 2.02. The first-order chi connectivity index (χ1) is 9.22. The second kappa shape index (κ2) is 5.13. The van der Waals surface area contributed by atoms with E-state index in [2.05, 4.69) is 6.92 Å². The molecule has 4 nitrogen and oxygen atoms in total. The Bertz CT molecular complexity index is 518. The highest BCUT2D eigenvalue weighted by atomic mass is 32.2. The number of rotatable bonds is 2. The van der Waals surface area contributed by atoms with Gasteiger partial charge in [0.15, 0.2) is 11.5 Å². The Morgan fingerprint density at radius 2 is 2.00 bits per heavy atom. The molecule has 2 aliphatic heterocycles. The molecule has 2 aliphatic rings. The maximum absolute atomic E-state index is 12.5. The highest BCUT2D eigenvalue weighted by Gasteiger charge is 2.37. The summed E-state index contributed by atoms with van der Waals surface area (Å²) in [5, 5.41) is 0.0195. The second-order valence-electron chi connectivity index (χ2n) is 5.04. The summed E-state index contributed by atoms with van der Waals surface area (Å²) in [6, 6.07) is 3.63. The van der Waals surface area contributed by atoms with Crippen LogP contribution in [0.2, 0.25) is 0 Å². The lowest BCUT2D eigenvalue weighted by atomic mass is 10.0. The van der Waals surface area contributed by atoms with Crippen LogP contribution in [0.25, 0.3) is 0 Å². The van der Waals surface area contributed by atoms with Crippen LogP contribution in [0, 0.1) is 0 Å². The fraction of sp³-hybridized carbons (Fsp3) is 0.571. The van der Waals surface area contributed by atoms with Gasteiger partial charge in [-0.25, -0.2) is 0 Å². The minimum Gasteiger partial charge on any atom is -0.490 e. The number of benzene rings is 1. The Morgan fingerprint density at radius 3 is 2.68 bits per heavy atom. The van der Waals surface area contributed by atoms with Gasteiger partial charge >= 0.3 is 0 Å². The molecule has 2 N–H and O–H groups in total. The van der Waals surface area contributed by atoms with Crippen molar-refractivity contribution in [1.29, 1.82) is 0 Å². The smallest absolute Gasteiger partial charge is 0.162 e. The number of nitrogens with two attached hydrogens (primary N) is 1. The molecule has 3 unspecified atom stereocenters. The number of fused-ring (bicyclic) bond motifs is 2. The highest BCUT2D eigenvalue weighted by molar-refractivity contribution is 7.86. The van der Waals surface area contributed by atoms with Crippen LogP contribution in [0.5, 0.6) is 11.5 Å². The molecule has 0 aromatic heterocycles. The minimum absolute atomic E-state index is 0.0195. The summed E-state index contributed by atoms with van der Waals surface area (Å²) in [7, 11) is -1.03. The van der Waals surface area contributed by atoms with Crippen molar-refractivity contribution in [3.63, 3.8) is 0 Å². The molecule has 1 aromatic rings. The molecule has 0 saturated carbocycles. The summed E-state index contributed by atoms with van der Waals surface area (Å²) in [4.78, 5) is 0.829. The highest BCUT2D eigenvalue weighted by Crippen LogP contribution is 2.43. The predicted molar refractivity (Wildman–Crippen MR) is 74.1 cm³/mol. The van der Waals surface area contributed by atoms with Crippen LogP contribution in [-0.4, -0.2) is 22.7 Å². The molecule has 0 amide bonds. The van der Waals surface area contributed by atoms with E-state index < -0.39 is 10.8 Å². The summed E-state index contributed by atoms with van der Waals surface area (Å²) >= 11 is 0. The van der Waals surface area contributed by atoms with Gasteiger partial charge in [-0.2, -0.15) is 0 Å². The van der Waals surface area contributed by atoms with Crippen LogP contribution in [0.1, 0.15) is 37.8 Å². The van der Waals surface area contributed by atoms with Crippen LogP contribution in [0.4, 0.5) is 0 Å². The molecular formula is C14H19NO3S. The van der Waals surface area contributed by atoms with Gasteiger partial charge in [0.2, 0.25) is 0 Å². The third kappa shape index (κ3) is 2.15. The van der Waals surface area contributed by atoms with Gasteiger partial charge in [0.1, 0.15) is 0 Å². The lowest BCUT2D eigenvalue weighted by molar-refractivity contribution is 0.296. The van der Waals surface area contributed by atoms with E-state index in [4.69, 9.17) is 15.2 Å². The van der Waals surface area contributed by atoms with Crippen molar-refractivity contribution in [2.75, 3.05) is 13.2 Å². The lowest BCUT2D eigenvalue weighted by Crippen LogP contribution is -2.23. The average molecular weight is 281 g/mol. The third-order valence-electron chi connectivity index (χ3n) is 3.70. The summed E-state index contributed by atoms with van der Waals surface area (Å²) < 4.78 is 23.8. The van der Waals surface area contributed by atoms with E-state index in [1.165, 1.54) is 0 Å². The van der Waals surface area contributed by atoms with Gasteiger partial charge in [0.25, 0.3) is 0 Å². The second-order valence-corrected chi connectivity index (χ2v) is 6.68. The predicted octanol–water partition coefficient (Wildman–Crippen LogP) is 2.14. The van der Waals surface area contributed by atoms with Crippen LogP contribution in [0.3, 0.4) is 0 Å². The quantitative estimate of drug-likeness (QED) is 0.902. The van der Waals surface area contributed by atoms with Gasteiger partial charge in [0.05, 0.1) is 29.3 Å². The molecule has 3 rings (SSSR count). The molecule has 19 heavy (non-hydrogen) atoms. The molecule has 0 bridgehead atoms. The zero-order chi connectivity index (χ0) is 13.4. The summed E-state index contributed by atoms with van der Waals surface area (Å²) in [5.41, 5.74) is 7.21. The van der Waals surface area contributed by atoms with Crippen molar-refractivity contribution in [1.82, 2.24) is 0 Å². The van der Waals surface area contributed by atoms with Gasteiger partial charge in [-0.15, -0.1) is 0 Å². The fourth-order valence-electron chi connectivity index (χ4n) is 2.71. The van der Waals surface area contributed by atoms with Gasteiger partial charge in [-0.1, -0.05) is 13.3 Å². The van der Waals surface area contributed by atoms with E-state index >= 15 is 0 Å². The van der Waals surface area contributed by atoms with Crippen molar-refractivity contribution >= 4 is 10.8 Å². The zero-order valence-electron chi connectivity index (χ0n) is 11.1. The first kappa shape index (κ1) is 12.9. The molecule has 0 saturated heterocycles. The Morgan fingerprint density at radius 1 is 1.32 bits per heavy atom. The van der Waals surface area contributed by atoms with Crippen LogP contribution in [0.15, 0.2) is 17.0 Å². The SMILES string of the molecule is CCCC1C(N)c2cc3c(cc2S1=O)OCCCO3. The molecule has 5 heteroatoms. The van der Waals surface area contributed by atoms with Crippen molar-refractivity contribution in [3.8, 4) is 11.5 Å². The maximum atomic E-state index is 12.5. The zero-order valence-corrected chi connectivity index (χ0v) is 11.9. The topological polar surface area (TPSA) is 61.6 Å². The molecule has 2 heterocycles. The normalized spacial score (nSPS) is 28.8. The summed E-state index contributed by atoms with van der Waals surface area (Å²) in [5.74, 6) is 1.44. The van der Waals surface area contributed by atoms with E-state index in [0.717, 1.165) is 35.5 Å². The molecule has 104 valence electrons. The van der Waals surface area contributed by atoms with Crippen molar-refractivity contribution in [2.45, 2.75) is 42.4 Å². The molecule has 0 aliphatic carbocycles. The standard InChI is InChI=1S/C14H19NO3S/c1-2-4-12-14(15)9-7-10-11(8-13(9)19(12)16)18-6-3-5-17-10/h7-8,12,14H,2-6,15H2,1H3. The van der Waals surface area contributed by atoms with Crippen molar-refractivity contribution in [3.05, 3.63) is 17.7 Å². The Labute approximate surface area is 115 Å². The summed E-state index contributed by atoms with van der Waals surface area (Å²) in [6.45, 7) is 3.39. The molecular weight excluding hydrogens is 262 g/mol. The molecule has 0 fully saturated rings. The number of hydrogen-bond donors (Lipinski definition) is 1. The van der Waals surface area contributed by atoms with Crippen molar-refractivity contribution in [2.24, 2.45) is 5.73 Å². The van der Waals surface area contributed by atoms with E-state index in [1.807, 2.05) is 12.1 Å². The van der Waals surface area contributed by atoms with Crippen molar-refractivity contribution < 1.29 is 13.7 Å². The molecule has 0 radical (unpaired) electrons. The molecule has 1 aromatic carbocycles. The Hall–Kier alpha value is -1.07. The number of hydrogen-bond acceptors (Lipinski definition) is 4. The first-order valence-electron chi connectivity index (χ1n) is 6.82. The van der Waals surface area contributed by atoms with E-state index in [9.17, 15) is 4.21 Å². The summed E-state index contributed by atoms with van der Waals surface area (Å²) in [6.07, 6.45) is 2.74. The van der Waals surface area contributed by atoms with E-state index in [0.29, 0.717) is 19.0 Å². The van der Waals surface area contributed by atoms with Gasteiger partial charge in [0, 0.05) is 23.4 Å². The third-order valence-corrected chi connectivity index (χ3v) is 5.57. The first-order valence-corrected chi connectivity index (χ1v) is 8.03. The van der Waals surface area contributed by atoms with Crippen LogP contribution >= 0.6 is 0 Å².